The van der Waals surface area contributed by atoms with Crippen LogP contribution >= 0.6 is 0 Å². The highest BCUT2D eigenvalue weighted by atomic mass is 16.5. The van der Waals surface area contributed by atoms with Gasteiger partial charge in [-0.1, -0.05) is 19.1 Å². The summed E-state index contributed by atoms with van der Waals surface area (Å²) < 4.78 is 5.39. The second-order valence-electron chi connectivity index (χ2n) is 5.58. The lowest BCUT2D eigenvalue weighted by Crippen LogP contribution is -2.43. The van der Waals surface area contributed by atoms with Gasteiger partial charge in [0, 0.05) is 13.1 Å². The third-order valence-electron chi connectivity index (χ3n) is 3.78. The number of carboxylic acids is 1. The van der Waals surface area contributed by atoms with Crippen molar-refractivity contribution in [1.82, 2.24) is 0 Å². The van der Waals surface area contributed by atoms with E-state index in [1.807, 2.05) is 24.3 Å². The Morgan fingerprint density at radius 2 is 2.21 bits per heavy atom. The Kier molecular flexibility index (Phi) is 3.98. The Labute approximate surface area is 114 Å². The molecule has 0 aromatic heterocycles. The van der Waals surface area contributed by atoms with E-state index in [1.165, 1.54) is 0 Å². The Morgan fingerprint density at radius 1 is 1.47 bits per heavy atom. The number of carboxylic acid groups (broad SMARTS) is 1. The first-order valence-electron chi connectivity index (χ1n) is 6.64. The van der Waals surface area contributed by atoms with Crippen LogP contribution in [-0.4, -0.2) is 31.3 Å². The summed E-state index contributed by atoms with van der Waals surface area (Å²) in [5.74, 6) is 0.131. The lowest BCUT2D eigenvalue weighted by Gasteiger charge is -2.41. The molecule has 1 fully saturated rings. The average Bonchev–Trinajstić information content (AvgIpc) is 2.37. The van der Waals surface area contributed by atoms with Gasteiger partial charge in [-0.05, 0) is 30.4 Å². The maximum Gasteiger partial charge on any atom is 0.303 e. The molecule has 0 spiro atoms. The van der Waals surface area contributed by atoms with Crippen molar-refractivity contribution in [3.63, 3.8) is 0 Å². The van der Waals surface area contributed by atoms with E-state index in [4.69, 9.17) is 9.84 Å². The number of anilines is 1. The Hall–Kier alpha value is -1.71. The number of hydrogen-bond acceptors (Lipinski definition) is 3. The zero-order chi connectivity index (χ0) is 13.9. The molecular formula is C15H21NO3. The number of piperidine rings is 1. The monoisotopic (exact) mass is 263 g/mol. The minimum absolute atomic E-state index is 0.162. The Bertz CT molecular complexity index is 460. The van der Waals surface area contributed by atoms with Gasteiger partial charge < -0.3 is 14.7 Å². The van der Waals surface area contributed by atoms with Crippen molar-refractivity contribution in [3.8, 4) is 5.75 Å². The number of ether oxygens (including phenoxy) is 1. The molecule has 0 aliphatic carbocycles. The van der Waals surface area contributed by atoms with Crippen LogP contribution in [0.4, 0.5) is 5.69 Å². The van der Waals surface area contributed by atoms with Crippen LogP contribution in [0.5, 0.6) is 5.75 Å². The summed E-state index contributed by atoms with van der Waals surface area (Å²) in [6, 6.07) is 7.91. The molecule has 1 aromatic carbocycles. The maximum absolute atomic E-state index is 11.0. The first-order valence-corrected chi connectivity index (χ1v) is 6.64. The van der Waals surface area contributed by atoms with Crippen molar-refractivity contribution in [1.29, 1.82) is 0 Å². The molecule has 19 heavy (non-hydrogen) atoms. The van der Waals surface area contributed by atoms with Crippen LogP contribution in [0.3, 0.4) is 0 Å². The zero-order valence-electron chi connectivity index (χ0n) is 11.6. The van der Waals surface area contributed by atoms with Crippen molar-refractivity contribution in [3.05, 3.63) is 24.3 Å². The van der Waals surface area contributed by atoms with Gasteiger partial charge in [-0.3, -0.25) is 4.79 Å². The molecule has 4 nitrogen and oxygen atoms in total. The molecule has 1 aromatic rings. The normalized spacial score (nSPS) is 23.2. The van der Waals surface area contributed by atoms with E-state index in [9.17, 15) is 4.79 Å². The Morgan fingerprint density at radius 3 is 2.89 bits per heavy atom. The van der Waals surface area contributed by atoms with Crippen molar-refractivity contribution in [2.24, 2.45) is 5.41 Å². The summed E-state index contributed by atoms with van der Waals surface area (Å²) in [5.41, 5.74) is 0.895. The minimum Gasteiger partial charge on any atom is -0.495 e. The summed E-state index contributed by atoms with van der Waals surface area (Å²) in [7, 11) is 1.67. The van der Waals surface area contributed by atoms with E-state index >= 15 is 0 Å². The predicted octanol–water partition coefficient (Wildman–Crippen LogP) is 2.78. The highest BCUT2D eigenvalue weighted by Crippen LogP contribution is 2.38. The van der Waals surface area contributed by atoms with Gasteiger partial charge in [-0.25, -0.2) is 0 Å². The lowest BCUT2D eigenvalue weighted by molar-refractivity contribution is -0.139. The van der Waals surface area contributed by atoms with Gasteiger partial charge in [0.25, 0.3) is 0 Å². The first kappa shape index (κ1) is 13.7. The summed E-state index contributed by atoms with van der Waals surface area (Å²) >= 11 is 0. The van der Waals surface area contributed by atoms with Crippen molar-refractivity contribution < 1.29 is 14.6 Å². The fraction of sp³-hybridized carbons (Fsp3) is 0.533. The number of aliphatic carboxylic acids is 1. The van der Waals surface area contributed by atoms with Crippen LogP contribution in [-0.2, 0) is 4.79 Å². The molecule has 1 atom stereocenters. The van der Waals surface area contributed by atoms with E-state index in [1.54, 1.807) is 7.11 Å². The molecule has 4 heteroatoms. The van der Waals surface area contributed by atoms with Gasteiger partial charge in [0.05, 0.1) is 19.2 Å². The van der Waals surface area contributed by atoms with Crippen LogP contribution in [0.1, 0.15) is 26.2 Å². The predicted molar refractivity (Wildman–Crippen MR) is 74.8 cm³/mol. The summed E-state index contributed by atoms with van der Waals surface area (Å²) in [6.45, 7) is 3.78. The highest BCUT2D eigenvalue weighted by Gasteiger charge is 2.33. The topological polar surface area (TPSA) is 49.8 Å². The largest absolute Gasteiger partial charge is 0.495 e. The minimum atomic E-state index is -0.718. The third-order valence-corrected chi connectivity index (χ3v) is 3.78. The smallest absolute Gasteiger partial charge is 0.303 e. The second kappa shape index (κ2) is 5.51. The molecule has 1 unspecified atom stereocenters. The number of carbonyl (C=O) groups is 1. The molecule has 0 amide bonds. The number of hydrogen-bond donors (Lipinski definition) is 1. The highest BCUT2D eigenvalue weighted by molar-refractivity contribution is 5.68. The van der Waals surface area contributed by atoms with Crippen molar-refractivity contribution in [2.75, 3.05) is 25.1 Å². The molecule has 1 saturated heterocycles. The first-order chi connectivity index (χ1) is 9.04. The SMILES string of the molecule is COc1ccccc1N1CCCC(C)(CC(=O)O)C1. The van der Waals surface area contributed by atoms with E-state index in [0.717, 1.165) is 37.4 Å². The van der Waals surface area contributed by atoms with Crippen LogP contribution in [0, 0.1) is 5.41 Å². The van der Waals surface area contributed by atoms with E-state index in [-0.39, 0.29) is 11.8 Å². The number of rotatable bonds is 4. The summed E-state index contributed by atoms with van der Waals surface area (Å²) in [4.78, 5) is 13.2. The van der Waals surface area contributed by atoms with Gasteiger partial charge >= 0.3 is 5.97 Å². The molecule has 2 rings (SSSR count). The van der Waals surface area contributed by atoms with Gasteiger partial charge in [0.1, 0.15) is 5.75 Å². The number of para-hydroxylation sites is 2. The summed E-state index contributed by atoms with van der Waals surface area (Å²) in [5, 5.41) is 9.05. The van der Waals surface area contributed by atoms with Crippen molar-refractivity contribution in [2.45, 2.75) is 26.2 Å². The molecular weight excluding hydrogens is 242 g/mol. The van der Waals surface area contributed by atoms with Crippen molar-refractivity contribution >= 4 is 11.7 Å². The van der Waals surface area contributed by atoms with Crippen LogP contribution in [0.2, 0.25) is 0 Å². The Balaban J connectivity index is 2.19. The zero-order valence-corrected chi connectivity index (χ0v) is 11.6. The fourth-order valence-electron chi connectivity index (χ4n) is 2.92. The number of nitrogens with zero attached hydrogens (tertiary/aromatic N) is 1. The molecule has 0 saturated carbocycles. The number of benzene rings is 1. The molecule has 104 valence electrons. The molecule has 1 aliphatic rings. The van der Waals surface area contributed by atoms with Gasteiger partial charge in [-0.15, -0.1) is 0 Å². The van der Waals surface area contributed by atoms with Gasteiger partial charge in [0.15, 0.2) is 0 Å². The molecule has 1 N–H and O–H groups in total. The lowest BCUT2D eigenvalue weighted by atomic mass is 9.79. The second-order valence-corrected chi connectivity index (χ2v) is 5.58. The summed E-state index contributed by atoms with van der Waals surface area (Å²) in [6.07, 6.45) is 2.20. The van der Waals surface area contributed by atoms with Crippen LogP contribution < -0.4 is 9.64 Å². The average molecular weight is 263 g/mol. The van der Waals surface area contributed by atoms with E-state index in [0.29, 0.717) is 0 Å². The van der Waals surface area contributed by atoms with E-state index in [2.05, 4.69) is 11.8 Å². The quantitative estimate of drug-likeness (QED) is 0.907. The molecule has 0 bridgehead atoms. The molecule has 1 heterocycles. The van der Waals surface area contributed by atoms with E-state index < -0.39 is 5.97 Å². The fourth-order valence-corrected chi connectivity index (χ4v) is 2.92. The van der Waals surface area contributed by atoms with Gasteiger partial charge in [-0.2, -0.15) is 0 Å². The van der Waals surface area contributed by atoms with Gasteiger partial charge in [0.2, 0.25) is 0 Å². The van der Waals surface area contributed by atoms with Crippen LogP contribution in [0.25, 0.3) is 0 Å². The molecule has 0 radical (unpaired) electrons. The third kappa shape index (κ3) is 3.19. The molecule has 1 aliphatic heterocycles. The van der Waals surface area contributed by atoms with Crippen LogP contribution in [0.15, 0.2) is 24.3 Å². The number of methoxy groups -OCH3 is 1. The maximum atomic E-state index is 11.0. The standard InChI is InChI=1S/C15H21NO3/c1-15(10-14(17)18)8-5-9-16(11-15)12-6-3-4-7-13(12)19-2/h3-4,6-7H,5,8-11H2,1-2H3,(H,17,18).